The lowest BCUT2D eigenvalue weighted by molar-refractivity contribution is -0.132. The SMILES string of the molecule is CC1(CO)CCCN(CCC(=O)N2CCCCC2)C1. The summed E-state index contributed by atoms with van der Waals surface area (Å²) in [4.78, 5) is 16.5. The van der Waals surface area contributed by atoms with E-state index in [2.05, 4.69) is 11.8 Å². The fourth-order valence-corrected chi connectivity index (χ4v) is 3.30. The van der Waals surface area contributed by atoms with Crippen molar-refractivity contribution in [2.24, 2.45) is 5.41 Å². The largest absolute Gasteiger partial charge is 0.396 e. The van der Waals surface area contributed by atoms with Gasteiger partial charge in [0, 0.05) is 44.6 Å². The Labute approximate surface area is 116 Å². The second-order valence-electron chi connectivity index (χ2n) is 6.54. The van der Waals surface area contributed by atoms with Crippen LogP contribution in [-0.4, -0.2) is 60.1 Å². The summed E-state index contributed by atoms with van der Waals surface area (Å²) in [5.74, 6) is 0.316. The molecule has 0 spiro atoms. The Bertz CT molecular complexity index is 303. The first kappa shape index (κ1) is 14.8. The highest BCUT2D eigenvalue weighted by Crippen LogP contribution is 2.28. The average molecular weight is 268 g/mol. The zero-order chi connectivity index (χ0) is 13.7. The molecule has 2 saturated heterocycles. The van der Waals surface area contributed by atoms with Crippen molar-refractivity contribution in [1.82, 2.24) is 9.80 Å². The minimum Gasteiger partial charge on any atom is -0.396 e. The maximum atomic E-state index is 12.1. The molecule has 2 rings (SSSR count). The van der Waals surface area contributed by atoms with Crippen LogP contribution >= 0.6 is 0 Å². The van der Waals surface area contributed by atoms with Gasteiger partial charge in [-0.2, -0.15) is 0 Å². The van der Waals surface area contributed by atoms with Crippen molar-refractivity contribution in [3.63, 3.8) is 0 Å². The molecule has 0 radical (unpaired) electrons. The van der Waals surface area contributed by atoms with Gasteiger partial charge in [0.05, 0.1) is 0 Å². The quantitative estimate of drug-likeness (QED) is 0.840. The third kappa shape index (κ3) is 4.18. The van der Waals surface area contributed by atoms with E-state index < -0.39 is 0 Å². The number of hydrogen-bond acceptors (Lipinski definition) is 3. The van der Waals surface area contributed by atoms with Crippen molar-refractivity contribution in [3.8, 4) is 0 Å². The van der Waals surface area contributed by atoms with Gasteiger partial charge in [-0.15, -0.1) is 0 Å². The predicted octanol–water partition coefficient (Wildman–Crippen LogP) is 1.48. The first-order chi connectivity index (χ1) is 9.13. The third-order valence-electron chi connectivity index (χ3n) is 4.59. The predicted molar refractivity (Wildman–Crippen MR) is 75.9 cm³/mol. The number of hydrogen-bond donors (Lipinski definition) is 1. The summed E-state index contributed by atoms with van der Waals surface area (Å²) >= 11 is 0. The van der Waals surface area contributed by atoms with E-state index in [0.717, 1.165) is 58.4 Å². The molecule has 1 atom stereocenters. The van der Waals surface area contributed by atoms with Crippen molar-refractivity contribution in [2.75, 3.05) is 39.3 Å². The van der Waals surface area contributed by atoms with E-state index in [4.69, 9.17) is 0 Å². The molecule has 0 aromatic rings. The minimum absolute atomic E-state index is 0.0341. The Kier molecular flexibility index (Phi) is 5.22. The molecule has 2 fully saturated rings. The standard InChI is InChI=1S/C15H28N2O2/c1-15(13-18)7-5-8-16(12-15)11-6-14(19)17-9-3-2-4-10-17/h18H,2-13H2,1H3. The molecule has 1 amide bonds. The first-order valence-electron chi connectivity index (χ1n) is 7.74. The number of carbonyl (C=O) groups is 1. The smallest absolute Gasteiger partial charge is 0.223 e. The molecule has 1 unspecified atom stereocenters. The maximum Gasteiger partial charge on any atom is 0.223 e. The van der Waals surface area contributed by atoms with Gasteiger partial charge in [0.1, 0.15) is 0 Å². The summed E-state index contributed by atoms with van der Waals surface area (Å²) in [7, 11) is 0. The molecule has 19 heavy (non-hydrogen) atoms. The highest BCUT2D eigenvalue weighted by Gasteiger charge is 2.30. The molecule has 1 N–H and O–H groups in total. The lowest BCUT2D eigenvalue weighted by atomic mass is 9.83. The molecule has 0 aromatic heterocycles. The Morgan fingerprint density at radius 2 is 1.89 bits per heavy atom. The number of rotatable bonds is 4. The molecule has 2 aliphatic rings. The Morgan fingerprint density at radius 1 is 1.16 bits per heavy atom. The maximum absolute atomic E-state index is 12.1. The normalized spacial score (nSPS) is 29.5. The summed E-state index contributed by atoms with van der Waals surface area (Å²) in [6, 6.07) is 0. The van der Waals surface area contributed by atoms with Gasteiger partial charge in [0.2, 0.25) is 5.91 Å². The summed E-state index contributed by atoms with van der Waals surface area (Å²) in [6.07, 6.45) is 6.47. The van der Waals surface area contributed by atoms with E-state index in [0.29, 0.717) is 12.3 Å². The number of likely N-dealkylation sites (tertiary alicyclic amines) is 2. The van der Waals surface area contributed by atoms with Gasteiger partial charge in [-0.25, -0.2) is 0 Å². The second kappa shape index (κ2) is 6.71. The van der Waals surface area contributed by atoms with E-state index >= 15 is 0 Å². The molecule has 4 heteroatoms. The molecule has 0 aliphatic carbocycles. The van der Waals surface area contributed by atoms with Crippen molar-refractivity contribution in [3.05, 3.63) is 0 Å². The first-order valence-corrected chi connectivity index (χ1v) is 7.74. The third-order valence-corrected chi connectivity index (χ3v) is 4.59. The fraction of sp³-hybridized carbons (Fsp3) is 0.933. The van der Waals surface area contributed by atoms with Gasteiger partial charge in [0.15, 0.2) is 0 Å². The van der Waals surface area contributed by atoms with E-state index in [9.17, 15) is 9.90 Å². The zero-order valence-electron chi connectivity index (χ0n) is 12.2. The molecular formula is C15H28N2O2. The molecule has 0 bridgehead atoms. The number of piperidine rings is 2. The molecule has 4 nitrogen and oxygen atoms in total. The van der Waals surface area contributed by atoms with Gasteiger partial charge in [-0.1, -0.05) is 6.92 Å². The lowest BCUT2D eigenvalue weighted by Gasteiger charge is -2.39. The van der Waals surface area contributed by atoms with Crippen LogP contribution in [0.15, 0.2) is 0 Å². The van der Waals surface area contributed by atoms with Crippen LogP contribution in [-0.2, 0) is 4.79 Å². The molecular weight excluding hydrogens is 240 g/mol. The van der Waals surface area contributed by atoms with Gasteiger partial charge in [-0.3, -0.25) is 4.79 Å². The summed E-state index contributed by atoms with van der Waals surface area (Å²) in [5, 5.41) is 9.45. The lowest BCUT2D eigenvalue weighted by Crippen LogP contribution is -2.45. The number of carbonyl (C=O) groups excluding carboxylic acids is 1. The van der Waals surface area contributed by atoms with Crippen LogP contribution in [0, 0.1) is 5.41 Å². The highest BCUT2D eigenvalue weighted by molar-refractivity contribution is 5.76. The van der Waals surface area contributed by atoms with Gasteiger partial charge < -0.3 is 14.9 Å². The summed E-state index contributed by atoms with van der Waals surface area (Å²) in [5.41, 5.74) is 0.0341. The Hall–Kier alpha value is -0.610. The summed E-state index contributed by atoms with van der Waals surface area (Å²) < 4.78 is 0. The molecule has 2 aliphatic heterocycles. The number of aliphatic hydroxyl groups excluding tert-OH is 1. The van der Waals surface area contributed by atoms with E-state index in [1.807, 2.05) is 4.90 Å². The second-order valence-corrected chi connectivity index (χ2v) is 6.54. The highest BCUT2D eigenvalue weighted by atomic mass is 16.3. The number of aliphatic hydroxyl groups is 1. The van der Waals surface area contributed by atoms with E-state index in [-0.39, 0.29) is 12.0 Å². The van der Waals surface area contributed by atoms with E-state index in [1.54, 1.807) is 0 Å². The van der Waals surface area contributed by atoms with Crippen LogP contribution < -0.4 is 0 Å². The number of nitrogens with zero attached hydrogens (tertiary/aromatic N) is 2. The van der Waals surface area contributed by atoms with Gasteiger partial charge >= 0.3 is 0 Å². The summed E-state index contributed by atoms with van der Waals surface area (Å²) in [6.45, 7) is 7.15. The van der Waals surface area contributed by atoms with Crippen molar-refractivity contribution >= 4 is 5.91 Å². The molecule has 110 valence electrons. The average Bonchev–Trinajstić information content (AvgIpc) is 2.46. The molecule has 2 heterocycles. The fourth-order valence-electron chi connectivity index (χ4n) is 3.30. The van der Waals surface area contributed by atoms with E-state index in [1.165, 1.54) is 6.42 Å². The Morgan fingerprint density at radius 3 is 2.58 bits per heavy atom. The van der Waals surface area contributed by atoms with Gasteiger partial charge in [-0.05, 0) is 38.6 Å². The van der Waals surface area contributed by atoms with Crippen LogP contribution in [0.25, 0.3) is 0 Å². The van der Waals surface area contributed by atoms with Crippen molar-refractivity contribution in [1.29, 1.82) is 0 Å². The van der Waals surface area contributed by atoms with Gasteiger partial charge in [0.25, 0.3) is 0 Å². The van der Waals surface area contributed by atoms with Crippen molar-refractivity contribution < 1.29 is 9.90 Å². The van der Waals surface area contributed by atoms with Crippen LogP contribution in [0.5, 0.6) is 0 Å². The van der Waals surface area contributed by atoms with Crippen LogP contribution in [0.2, 0.25) is 0 Å². The monoisotopic (exact) mass is 268 g/mol. The van der Waals surface area contributed by atoms with Crippen LogP contribution in [0.3, 0.4) is 0 Å². The molecule has 0 aromatic carbocycles. The molecule has 0 saturated carbocycles. The van der Waals surface area contributed by atoms with Crippen molar-refractivity contribution in [2.45, 2.75) is 45.4 Å². The minimum atomic E-state index is 0.0341. The zero-order valence-corrected chi connectivity index (χ0v) is 12.2. The Balaban J connectivity index is 1.73. The topological polar surface area (TPSA) is 43.8 Å². The number of amides is 1. The van der Waals surface area contributed by atoms with Crippen LogP contribution in [0.4, 0.5) is 0 Å². The van der Waals surface area contributed by atoms with Crippen LogP contribution in [0.1, 0.15) is 45.4 Å².